The largest absolute Gasteiger partial charge is 0.497 e. The van der Waals surface area contributed by atoms with Gasteiger partial charge in [0.2, 0.25) is 5.91 Å². The van der Waals surface area contributed by atoms with Crippen LogP contribution in [0.5, 0.6) is 11.5 Å². The average Bonchev–Trinajstić information content (AvgIpc) is 3.13. The average molecular weight is 518 g/mol. The van der Waals surface area contributed by atoms with Crippen molar-refractivity contribution in [3.63, 3.8) is 0 Å². The van der Waals surface area contributed by atoms with Crippen LogP contribution in [0.1, 0.15) is 52.0 Å². The second kappa shape index (κ2) is 13.7. The van der Waals surface area contributed by atoms with Crippen molar-refractivity contribution in [3.05, 3.63) is 23.8 Å². The van der Waals surface area contributed by atoms with Gasteiger partial charge in [0.1, 0.15) is 11.5 Å². The van der Waals surface area contributed by atoms with Gasteiger partial charge in [-0.05, 0) is 37.1 Å². The Morgan fingerprint density at radius 2 is 1.89 bits per heavy atom. The van der Waals surface area contributed by atoms with Crippen LogP contribution in [0.15, 0.2) is 18.2 Å². The third-order valence-corrected chi connectivity index (χ3v) is 7.29. The second-order valence-electron chi connectivity index (χ2n) is 10.6. The standard InChI is InChI=1S/C28H43NO6Si/c1-28(2,3)26(35-36(7)8)23-19-29(18-20-15-16-21(32-4)17-24(20)33-5)27(31)22(23)13-11-9-10-12-14-25(30)34-6/h15-17,22-23,26,36H,10,12-14,18-19H2,1-8H3/t22-,23+,26?/m1/s1. The van der Waals surface area contributed by atoms with E-state index in [4.69, 9.17) is 13.9 Å². The minimum absolute atomic E-state index is 0.0398. The van der Waals surface area contributed by atoms with Gasteiger partial charge in [-0.25, -0.2) is 0 Å². The number of esters is 1. The van der Waals surface area contributed by atoms with Crippen LogP contribution in [0.3, 0.4) is 0 Å². The van der Waals surface area contributed by atoms with Gasteiger partial charge in [0.15, 0.2) is 9.04 Å². The summed E-state index contributed by atoms with van der Waals surface area (Å²) in [4.78, 5) is 26.9. The highest BCUT2D eigenvalue weighted by atomic mass is 28.3. The first-order valence-electron chi connectivity index (χ1n) is 12.7. The van der Waals surface area contributed by atoms with Crippen LogP contribution in [-0.4, -0.2) is 59.8 Å². The predicted octanol–water partition coefficient (Wildman–Crippen LogP) is 4.43. The highest BCUT2D eigenvalue weighted by Crippen LogP contribution is 2.40. The molecule has 1 fully saturated rings. The van der Waals surface area contributed by atoms with Crippen LogP contribution in [0.4, 0.5) is 0 Å². The van der Waals surface area contributed by atoms with Crippen LogP contribution in [0.2, 0.25) is 13.1 Å². The molecule has 0 spiro atoms. The Morgan fingerprint density at radius 3 is 2.47 bits per heavy atom. The topological polar surface area (TPSA) is 74.3 Å². The van der Waals surface area contributed by atoms with Crippen molar-refractivity contribution in [2.45, 2.75) is 72.2 Å². The molecule has 3 atom stereocenters. The summed E-state index contributed by atoms with van der Waals surface area (Å²) in [7, 11) is 3.29. The number of benzene rings is 1. The van der Waals surface area contributed by atoms with E-state index in [0.29, 0.717) is 50.3 Å². The smallest absolute Gasteiger partial charge is 0.305 e. The Labute approximate surface area is 218 Å². The first-order chi connectivity index (χ1) is 17.0. The number of rotatable bonds is 11. The zero-order chi connectivity index (χ0) is 26.9. The first kappa shape index (κ1) is 29.7. The van der Waals surface area contributed by atoms with Gasteiger partial charge in [0.05, 0.1) is 33.4 Å². The van der Waals surface area contributed by atoms with Crippen molar-refractivity contribution in [2.75, 3.05) is 27.9 Å². The van der Waals surface area contributed by atoms with E-state index >= 15 is 0 Å². The van der Waals surface area contributed by atoms with E-state index in [1.807, 2.05) is 23.1 Å². The van der Waals surface area contributed by atoms with Crippen molar-refractivity contribution < 1.29 is 28.2 Å². The van der Waals surface area contributed by atoms with Crippen LogP contribution in [0, 0.1) is 29.1 Å². The van der Waals surface area contributed by atoms with Crippen LogP contribution >= 0.6 is 0 Å². The number of hydrogen-bond acceptors (Lipinski definition) is 6. The lowest BCUT2D eigenvalue weighted by atomic mass is 9.76. The number of likely N-dealkylation sites (tertiary alicyclic amines) is 1. The molecule has 1 aliphatic rings. The van der Waals surface area contributed by atoms with E-state index in [1.165, 1.54) is 7.11 Å². The molecular formula is C28H43NO6Si. The minimum atomic E-state index is -1.34. The molecule has 0 N–H and O–H groups in total. The van der Waals surface area contributed by atoms with Crippen LogP contribution < -0.4 is 9.47 Å². The summed E-state index contributed by atoms with van der Waals surface area (Å²) in [6.07, 6.45) is 2.05. The zero-order valence-electron chi connectivity index (χ0n) is 23.2. The molecule has 1 unspecified atom stereocenters. The SMILES string of the molecule is COC(=O)CCCC#CC[C@H]1C(=O)N(Cc2ccc(OC)cc2OC)C[C@@H]1C(O[SiH](C)C)C(C)(C)C. The highest BCUT2D eigenvalue weighted by Gasteiger charge is 2.47. The Balaban J connectivity index is 2.26. The maximum absolute atomic E-state index is 13.7. The number of nitrogens with zero attached hydrogens (tertiary/aromatic N) is 1. The molecule has 1 aromatic carbocycles. The van der Waals surface area contributed by atoms with Gasteiger partial charge in [-0.15, -0.1) is 11.8 Å². The van der Waals surface area contributed by atoms with Crippen LogP contribution in [0.25, 0.3) is 0 Å². The monoisotopic (exact) mass is 517 g/mol. The fourth-order valence-corrected chi connectivity index (χ4v) is 5.90. The quantitative estimate of drug-likeness (QED) is 0.187. The molecule has 0 radical (unpaired) electrons. The first-order valence-corrected chi connectivity index (χ1v) is 15.5. The van der Waals surface area contributed by atoms with E-state index in [-0.39, 0.29) is 35.2 Å². The number of carbonyl (C=O) groups is 2. The number of carbonyl (C=O) groups excluding carboxylic acids is 2. The molecule has 0 aliphatic carbocycles. The number of ether oxygens (including phenoxy) is 3. The normalized spacial score (nSPS) is 18.6. The Hall–Kier alpha value is -2.50. The molecule has 0 aromatic heterocycles. The summed E-state index contributed by atoms with van der Waals surface area (Å²) in [5.74, 6) is 7.47. The van der Waals surface area contributed by atoms with E-state index < -0.39 is 9.04 Å². The second-order valence-corrected chi connectivity index (χ2v) is 13.0. The van der Waals surface area contributed by atoms with Gasteiger partial charge in [-0.1, -0.05) is 20.8 Å². The maximum atomic E-state index is 13.7. The molecule has 7 nitrogen and oxygen atoms in total. The number of methoxy groups -OCH3 is 3. The predicted molar refractivity (Wildman–Crippen MR) is 143 cm³/mol. The van der Waals surface area contributed by atoms with E-state index in [1.54, 1.807) is 14.2 Å². The fraction of sp³-hybridized carbons (Fsp3) is 0.643. The Bertz CT molecular complexity index is 946. The van der Waals surface area contributed by atoms with Crippen molar-refractivity contribution in [1.29, 1.82) is 0 Å². The lowest BCUT2D eigenvalue weighted by Crippen LogP contribution is -2.42. The summed E-state index contributed by atoms with van der Waals surface area (Å²) in [5.41, 5.74) is 0.828. The van der Waals surface area contributed by atoms with Crippen molar-refractivity contribution in [2.24, 2.45) is 17.3 Å². The number of unbranched alkanes of at least 4 members (excludes halogenated alkanes) is 1. The van der Waals surface area contributed by atoms with Gasteiger partial charge < -0.3 is 23.5 Å². The van der Waals surface area contributed by atoms with E-state index in [2.05, 4.69) is 50.4 Å². The number of amides is 1. The minimum Gasteiger partial charge on any atom is -0.497 e. The van der Waals surface area contributed by atoms with Gasteiger partial charge in [-0.2, -0.15) is 0 Å². The Kier molecular flexibility index (Phi) is 11.3. The van der Waals surface area contributed by atoms with E-state index in [0.717, 1.165) is 5.56 Å². The molecule has 200 valence electrons. The third-order valence-electron chi connectivity index (χ3n) is 6.45. The van der Waals surface area contributed by atoms with Crippen molar-refractivity contribution >= 4 is 20.9 Å². The van der Waals surface area contributed by atoms with Crippen molar-refractivity contribution in [1.82, 2.24) is 4.90 Å². The Morgan fingerprint density at radius 1 is 1.17 bits per heavy atom. The highest BCUT2D eigenvalue weighted by molar-refractivity contribution is 6.48. The molecule has 2 rings (SSSR count). The lowest BCUT2D eigenvalue weighted by Gasteiger charge is -2.38. The lowest BCUT2D eigenvalue weighted by molar-refractivity contribution is -0.140. The molecular weight excluding hydrogens is 474 g/mol. The molecule has 1 aliphatic heterocycles. The molecule has 0 saturated carbocycles. The molecule has 1 saturated heterocycles. The molecule has 8 heteroatoms. The molecule has 1 amide bonds. The van der Waals surface area contributed by atoms with Gasteiger partial charge in [0.25, 0.3) is 0 Å². The summed E-state index contributed by atoms with van der Waals surface area (Å²) in [6, 6.07) is 5.68. The molecule has 0 bridgehead atoms. The summed E-state index contributed by atoms with van der Waals surface area (Å²) < 4.78 is 22.1. The molecule has 1 aromatic rings. The number of hydrogen-bond donors (Lipinski definition) is 0. The maximum Gasteiger partial charge on any atom is 0.305 e. The summed E-state index contributed by atoms with van der Waals surface area (Å²) in [5, 5.41) is 0. The van der Waals surface area contributed by atoms with Crippen LogP contribution in [-0.2, 0) is 25.3 Å². The van der Waals surface area contributed by atoms with Gasteiger partial charge >= 0.3 is 5.97 Å². The molecule has 36 heavy (non-hydrogen) atoms. The van der Waals surface area contributed by atoms with E-state index in [9.17, 15) is 9.59 Å². The van der Waals surface area contributed by atoms with Crippen molar-refractivity contribution in [3.8, 4) is 23.3 Å². The van der Waals surface area contributed by atoms with Gasteiger partial charge in [-0.3, -0.25) is 9.59 Å². The summed E-state index contributed by atoms with van der Waals surface area (Å²) in [6.45, 7) is 12.0. The summed E-state index contributed by atoms with van der Waals surface area (Å²) >= 11 is 0. The van der Waals surface area contributed by atoms with Gasteiger partial charge in [0, 0.05) is 49.9 Å². The zero-order valence-corrected chi connectivity index (χ0v) is 24.3. The molecule has 1 heterocycles. The third kappa shape index (κ3) is 8.28. The fourth-order valence-electron chi connectivity index (χ4n) is 4.70.